The van der Waals surface area contributed by atoms with Crippen LogP contribution in [0.3, 0.4) is 0 Å². The zero-order chi connectivity index (χ0) is 18.4. The summed E-state index contributed by atoms with van der Waals surface area (Å²) in [6.07, 6.45) is 0.862. The summed E-state index contributed by atoms with van der Waals surface area (Å²) in [5.74, 6) is -0.467. The molecule has 2 heterocycles. The van der Waals surface area contributed by atoms with Crippen LogP contribution >= 0.6 is 0 Å². The van der Waals surface area contributed by atoms with Crippen LogP contribution in [0, 0.1) is 0 Å². The average molecular weight is 360 g/mol. The van der Waals surface area contributed by atoms with E-state index in [9.17, 15) is 14.4 Å². The molecule has 0 saturated carbocycles. The number of benzene rings is 1. The van der Waals surface area contributed by atoms with E-state index in [4.69, 9.17) is 4.74 Å². The van der Waals surface area contributed by atoms with E-state index >= 15 is 0 Å². The zero-order valence-corrected chi connectivity index (χ0v) is 14.7. The number of nitrogens with zero attached hydrogens (tertiary/aromatic N) is 2. The first-order valence-corrected chi connectivity index (χ1v) is 8.89. The Morgan fingerprint density at radius 3 is 2.69 bits per heavy atom. The molecule has 8 heteroatoms. The number of morpholine rings is 1. The lowest BCUT2D eigenvalue weighted by atomic mass is 10.1. The van der Waals surface area contributed by atoms with Crippen molar-refractivity contribution >= 4 is 17.8 Å². The minimum absolute atomic E-state index is 0.00867. The monoisotopic (exact) mass is 360 g/mol. The topological polar surface area (TPSA) is 91.0 Å². The smallest absolute Gasteiger partial charge is 0.324 e. The summed E-state index contributed by atoms with van der Waals surface area (Å²) in [7, 11) is 0. The molecule has 26 heavy (non-hydrogen) atoms. The zero-order valence-electron chi connectivity index (χ0n) is 14.7. The van der Waals surface area contributed by atoms with E-state index in [2.05, 4.69) is 15.5 Å². The van der Waals surface area contributed by atoms with Crippen molar-refractivity contribution < 1.29 is 19.1 Å². The van der Waals surface area contributed by atoms with E-state index in [1.165, 1.54) is 0 Å². The first-order chi connectivity index (χ1) is 12.6. The predicted octanol–water partition coefficient (Wildman–Crippen LogP) is 0.191. The van der Waals surface area contributed by atoms with Crippen LogP contribution in [0.4, 0.5) is 4.79 Å². The Labute approximate surface area is 152 Å². The lowest BCUT2D eigenvalue weighted by Gasteiger charge is -2.26. The van der Waals surface area contributed by atoms with E-state index in [1.54, 1.807) is 24.3 Å². The molecule has 0 aromatic heterocycles. The number of carbonyl (C=O) groups is 3. The minimum atomic E-state index is -0.421. The standard InChI is InChI=1S/C18H24N4O4/c23-16-12-20-18(25)22(16)13-14-4-1-2-5-15(14)17(24)19-6-3-7-21-8-10-26-11-9-21/h1-2,4-5H,3,6-13H2,(H,19,24)(H,20,25). The van der Waals surface area contributed by atoms with Crippen molar-refractivity contribution in [2.75, 3.05) is 45.9 Å². The molecule has 1 aromatic carbocycles. The van der Waals surface area contributed by atoms with Gasteiger partial charge in [0.1, 0.15) is 0 Å². The molecule has 0 spiro atoms. The minimum Gasteiger partial charge on any atom is -0.379 e. The van der Waals surface area contributed by atoms with Gasteiger partial charge in [0.05, 0.1) is 26.3 Å². The maximum absolute atomic E-state index is 12.5. The van der Waals surface area contributed by atoms with Crippen LogP contribution in [0.1, 0.15) is 22.3 Å². The summed E-state index contributed by atoms with van der Waals surface area (Å²) in [4.78, 5) is 39.4. The molecule has 0 unspecified atom stereocenters. The van der Waals surface area contributed by atoms with Crippen molar-refractivity contribution in [2.45, 2.75) is 13.0 Å². The third-order valence-corrected chi connectivity index (χ3v) is 4.57. The van der Waals surface area contributed by atoms with Gasteiger partial charge < -0.3 is 15.4 Å². The molecule has 2 aliphatic rings. The van der Waals surface area contributed by atoms with Crippen LogP contribution in [-0.2, 0) is 16.1 Å². The van der Waals surface area contributed by atoms with Crippen LogP contribution in [-0.4, -0.2) is 73.6 Å². The number of amides is 4. The maximum atomic E-state index is 12.5. The second-order valence-corrected chi connectivity index (χ2v) is 6.36. The molecule has 0 radical (unpaired) electrons. The molecule has 2 saturated heterocycles. The lowest BCUT2D eigenvalue weighted by Crippen LogP contribution is -2.38. The molecule has 2 fully saturated rings. The van der Waals surface area contributed by atoms with Gasteiger partial charge in [0.15, 0.2) is 0 Å². The van der Waals surface area contributed by atoms with Crippen LogP contribution in [0.2, 0.25) is 0 Å². The van der Waals surface area contributed by atoms with Crippen molar-refractivity contribution in [3.05, 3.63) is 35.4 Å². The predicted molar refractivity (Wildman–Crippen MR) is 94.6 cm³/mol. The number of carbonyl (C=O) groups excluding carboxylic acids is 3. The number of hydrogen-bond donors (Lipinski definition) is 2. The highest BCUT2D eigenvalue weighted by Crippen LogP contribution is 2.14. The summed E-state index contributed by atoms with van der Waals surface area (Å²) in [5, 5.41) is 5.41. The molecule has 4 amide bonds. The van der Waals surface area contributed by atoms with Gasteiger partial charge in [-0.15, -0.1) is 0 Å². The number of rotatable bonds is 7. The highest BCUT2D eigenvalue weighted by atomic mass is 16.5. The van der Waals surface area contributed by atoms with Crippen LogP contribution in [0.15, 0.2) is 24.3 Å². The molecular weight excluding hydrogens is 336 g/mol. The summed E-state index contributed by atoms with van der Waals surface area (Å²) in [5.41, 5.74) is 1.15. The fourth-order valence-corrected chi connectivity index (χ4v) is 3.09. The molecule has 0 aliphatic carbocycles. The van der Waals surface area contributed by atoms with E-state index in [0.717, 1.165) is 44.2 Å². The fourth-order valence-electron chi connectivity index (χ4n) is 3.09. The molecule has 0 atom stereocenters. The lowest BCUT2D eigenvalue weighted by molar-refractivity contribution is -0.125. The van der Waals surface area contributed by atoms with Crippen molar-refractivity contribution in [2.24, 2.45) is 0 Å². The van der Waals surface area contributed by atoms with E-state index in [-0.39, 0.29) is 24.9 Å². The van der Waals surface area contributed by atoms with Gasteiger partial charge in [0.2, 0.25) is 5.91 Å². The second kappa shape index (κ2) is 8.77. The maximum Gasteiger partial charge on any atom is 0.324 e. The number of ether oxygens (including phenoxy) is 1. The van der Waals surface area contributed by atoms with Gasteiger partial charge in [-0.05, 0) is 24.6 Å². The second-order valence-electron chi connectivity index (χ2n) is 6.36. The molecule has 1 aromatic rings. The van der Waals surface area contributed by atoms with Gasteiger partial charge >= 0.3 is 6.03 Å². The van der Waals surface area contributed by atoms with Gasteiger partial charge in [-0.2, -0.15) is 0 Å². The summed E-state index contributed by atoms with van der Waals surface area (Å²) < 4.78 is 5.32. The van der Waals surface area contributed by atoms with Gasteiger partial charge in [0.25, 0.3) is 5.91 Å². The largest absolute Gasteiger partial charge is 0.379 e. The van der Waals surface area contributed by atoms with E-state index in [0.29, 0.717) is 17.7 Å². The summed E-state index contributed by atoms with van der Waals surface area (Å²) in [6, 6.07) is 6.63. The quantitative estimate of drug-likeness (QED) is 0.535. The Morgan fingerprint density at radius 2 is 1.96 bits per heavy atom. The number of nitrogens with one attached hydrogen (secondary N) is 2. The molecule has 3 rings (SSSR count). The summed E-state index contributed by atoms with van der Waals surface area (Å²) in [6.45, 7) is 5.01. The Kier molecular flexibility index (Phi) is 6.19. The van der Waals surface area contributed by atoms with Crippen molar-refractivity contribution in [3.63, 3.8) is 0 Å². The van der Waals surface area contributed by atoms with E-state index in [1.807, 2.05) is 0 Å². The Morgan fingerprint density at radius 1 is 1.19 bits per heavy atom. The molecule has 2 aliphatic heterocycles. The van der Waals surface area contributed by atoms with Crippen LogP contribution in [0.5, 0.6) is 0 Å². The molecule has 0 bridgehead atoms. The molecule has 140 valence electrons. The van der Waals surface area contributed by atoms with E-state index < -0.39 is 6.03 Å². The Balaban J connectivity index is 1.52. The molecule has 2 N–H and O–H groups in total. The van der Waals surface area contributed by atoms with Gasteiger partial charge in [-0.1, -0.05) is 18.2 Å². The average Bonchev–Trinajstić information content (AvgIpc) is 2.98. The number of hydrogen-bond acceptors (Lipinski definition) is 5. The first kappa shape index (κ1) is 18.3. The summed E-state index contributed by atoms with van der Waals surface area (Å²) >= 11 is 0. The normalized spacial score (nSPS) is 18.1. The molecular formula is C18H24N4O4. The van der Waals surface area contributed by atoms with Gasteiger partial charge in [0, 0.05) is 25.2 Å². The number of urea groups is 1. The van der Waals surface area contributed by atoms with Crippen LogP contribution in [0.25, 0.3) is 0 Å². The highest BCUT2D eigenvalue weighted by molar-refractivity contribution is 6.02. The van der Waals surface area contributed by atoms with Crippen molar-refractivity contribution in [1.82, 2.24) is 20.4 Å². The van der Waals surface area contributed by atoms with Crippen LogP contribution < -0.4 is 10.6 Å². The number of imide groups is 1. The van der Waals surface area contributed by atoms with Crippen molar-refractivity contribution in [1.29, 1.82) is 0 Å². The van der Waals surface area contributed by atoms with Crippen molar-refractivity contribution in [3.8, 4) is 0 Å². The highest BCUT2D eigenvalue weighted by Gasteiger charge is 2.29. The van der Waals surface area contributed by atoms with Gasteiger partial charge in [-0.3, -0.25) is 19.4 Å². The SMILES string of the molecule is O=C(NCCCN1CCOCC1)c1ccccc1CN1C(=O)CNC1=O. The van der Waals surface area contributed by atoms with Gasteiger partial charge in [-0.25, -0.2) is 4.79 Å². The molecule has 8 nitrogen and oxygen atoms in total. The Hall–Kier alpha value is -2.45. The third-order valence-electron chi connectivity index (χ3n) is 4.57. The first-order valence-electron chi connectivity index (χ1n) is 8.89. The third kappa shape index (κ3) is 4.59. The Bertz CT molecular complexity index is 657. The fraction of sp³-hybridized carbons (Fsp3) is 0.500.